The number of carbonyl (C=O) groups is 2. The largest absolute Gasteiger partial charge is 0.493 e. The fourth-order valence-electron chi connectivity index (χ4n) is 3.00. The molecule has 0 bridgehead atoms. The Kier molecular flexibility index (Phi) is 9.73. The number of hydrogen-bond donors (Lipinski definition) is 0. The van der Waals surface area contributed by atoms with E-state index in [0.717, 1.165) is 23.0 Å². The van der Waals surface area contributed by atoms with Gasteiger partial charge in [0, 0.05) is 23.5 Å². The van der Waals surface area contributed by atoms with Gasteiger partial charge in [-0.15, -0.1) is 0 Å². The molecule has 0 amide bonds. The van der Waals surface area contributed by atoms with E-state index in [1.165, 1.54) is 0 Å². The van der Waals surface area contributed by atoms with Crippen LogP contribution in [0.15, 0.2) is 73.3 Å². The van der Waals surface area contributed by atoms with E-state index in [1.54, 1.807) is 6.92 Å². The standard InChI is InChI=1S/C27H32O6/c1-6-25(28)32-17-7-16-30-23-12-8-21(9-13-23)27(4,5)22-10-14-24(15-11-22)31-18-19-33-26(29)20(2)3/h6,8-15H,1-2,7,16-19H2,3-5H3. The Bertz CT molecular complexity index is 942. The van der Waals surface area contributed by atoms with Crippen LogP contribution in [0, 0.1) is 0 Å². The highest BCUT2D eigenvalue weighted by atomic mass is 16.6. The van der Waals surface area contributed by atoms with Crippen LogP contribution in [0.3, 0.4) is 0 Å². The highest BCUT2D eigenvalue weighted by Crippen LogP contribution is 2.33. The van der Waals surface area contributed by atoms with Crippen LogP contribution in [0.4, 0.5) is 0 Å². The fourth-order valence-corrected chi connectivity index (χ4v) is 3.00. The maximum Gasteiger partial charge on any atom is 0.333 e. The summed E-state index contributed by atoms with van der Waals surface area (Å²) >= 11 is 0. The molecule has 6 heteroatoms. The van der Waals surface area contributed by atoms with Crippen LogP contribution < -0.4 is 9.47 Å². The fraction of sp³-hybridized carbons (Fsp3) is 0.333. The molecule has 0 atom stereocenters. The topological polar surface area (TPSA) is 71.1 Å². The van der Waals surface area contributed by atoms with Crippen molar-refractivity contribution in [3.63, 3.8) is 0 Å². The maximum atomic E-state index is 11.4. The molecular formula is C27H32O6. The summed E-state index contributed by atoms with van der Waals surface area (Å²) in [5, 5.41) is 0. The molecule has 0 radical (unpaired) electrons. The summed E-state index contributed by atoms with van der Waals surface area (Å²) in [6.45, 7) is 14.0. The first-order valence-corrected chi connectivity index (χ1v) is 10.8. The van der Waals surface area contributed by atoms with Crippen molar-refractivity contribution in [3.8, 4) is 11.5 Å². The lowest BCUT2D eigenvalue weighted by molar-refractivity contribution is -0.140. The van der Waals surface area contributed by atoms with Crippen LogP contribution in [-0.2, 0) is 24.5 Å². The quantitative estimate of drug-likeness (QED) is 0.242. The van der Waals surface area contributed by atoms with Crippen molar-refractivity contribution in [2.75, 3.05) is 26.4 Å². The monoisotopic (exact) mass is 452 g/mol. The summed E-state index contributed by atoms with van der Waals surface area (Å²) < 4.78 is 21.3. The Hall–Kier alpha value is -3.54. The molecule has 0 aliphatic carbocycles. The molecule has 0 aliphatic heterocycles. The van der Waals surface area contributed by atoms with Crippen molar-refractivity contribution >= 4 is 11.9 Å². The molecular weight excluding hydrogens is 420 g/mol. The van der Waals surface area contributed by atoms with E-state index in [1.807, 2.05) is 48.5 Å². The highest BCUT2D eigenvalue weighted by Gasteiger charge is 2.23. The number of benzene rings is 2. The second-order valence-electron chi connectivity index (χ2n) is 8.01. The summed E-state index contributed by atoms with van der Waals surface area (Å²) in [6.07, 6.45) is 1.75. The lowest BCUT2D eigenvalue weighted by Gasteiger charge is -2.26. The molecule has 0 saturated carbocycles. The number of esters is 2. The molecule has 0 N–H and O–H groups in total. The zero-order valence-electron chi connectivity index (χ0n) is 19.6. The molecule has 0 heterocycles. The molecule has 0 unspecified atom stereocenters. The van der Waals surface area contributed by atoms with Gasteiger partial charge in [-0.1, -0.05) is 51.3 Å². The summed E-state index contributed by atoms with van der Waals surface area (Å²) in [4.78, 5) is 22.4. The van der Waals surface area contributed by atoms with Crippen molar-refractivity contribution < 1.29 is 28.5 Å². The summed E-state index contributed by atoms with van der Waals surface area (Å²) in [7, 11) is 0. The normalized spacial score (nSPS) is 10.8. The van der Waals surface area contributed by atoms with E-state index in [2.05, 4.69) is 27.0 Å². The number of rotatable bonds is 13. The van der Waals surface area contributed by atoms with Gasteiger partial charge in [0.15, 0.2) is 0 Å². The molecule has 0 aromatic heterocycles. The van der Waals surface area contributed by atoms with Crippen molar-refractivity contribution in [3.05, 3.63) is 84.5 Å². The molecule has 2 aromatic carbocycles. The first-order valence-electron chi connectivity index (χ1n) is 10.8. The molecule has 6 nitrogen and oxygen atoms in total. The third kappa shape index (κ3) is 8.15. The minimum atomic E-state index is -0.426. The third-order valence-electron chi connectivity index (χ3n) is 5.05. The van der Waals surface area contributed by atoms with Crippen LogP contribution in [0.5, 0.6) is 11.5 Å². The molecule has 0 fully saturated rings. The average Bonchev–Trinajstić information content (AvgIpc) is 2.81. The first kappa shape index (κ1) is 25.7. The Balaban J connectivity index is 1.85. The predicted octanol–water partition coefficient (Wildman–Crippen LogP) is 5.01. The van der Waals surface area contributed by atoms with Crippen LogP contribution in [0.2, 0.25) is 0 Å². The molecule has 0 saturated heterocycles. The minimum Gasteiger partial charge on any atom is -0.493 e. The molecule has 0 aliphatic rings. The van der Waals surface area contributed by atoms with Gasteiger partial charge in [-0.25, -0.2) is 9.59 Å². The number of ether oxygens (including phenoxy) is 4. The van der Waals surface area contributed by atoms with Crippen LogP contribution >= 0.6 is 0 Å². The van der Waals surface area contributed by atoms with Crippen molar-refractivity contribution in [2.45, 2.75) is 32.6 Å². The van der Waals surface area contributed by atoms with Gasteiger partial charge in [0.2, 0.25) is 0 Å². The Morgan fingerprint density at radius 1 is 0.818 bits per heavy atom. The summed E-state index contributed by atoms with van der Waals surface area (Å²) in [5.41, 5.74) is 2.44. The second-order valence-corrected chi connectivity index (χ2v) is 8.01. The SMILES string of the molecule is C=CC(=O)OCCCOc1ccc(C(C)(C)c2ccc(OCCOC(=O)C(=C)C)cc2)cc1. The molecule has 33 heavy (non-hydrogen) atoms. The molecule has 2 aromatic rings. The number of hydrogen-bond acceptors (Lipinski definition) is 6. The smallest absolute Gasteiger partial charge is 0.333 e. The van der Waals surface area contributed by atoms with E-state index in [-0.39, 0.29) is 18.6 Å². The van der Waals surface area contributed by atoms with Gasteiger partial charge in [0.1, 0.15) is 24.7 Å². The van der Waals surface area contributed by atoms with E-state index >= 15 is 0 Å². The number of carbonyl (C=O) groups excluding carboxylic acids is 2. The molecule has 176 valence electrons. The Morgan fingerprint density at radius 3 is 1.82 bits per heavy atom. The summed E-state index contributed by atoms with van der Waals surface area (Å²) in [5.74, 6) is 0.635. The Labute approximate surface area is 195 Å². The first-order chi connectivity index (χ1) is 15.7. The second kappa shape index (κ2) is 12.5. The predicted molar refractivity (Wildman–Crippen MR) is 128 cm³/mol. The van der Waals surface area contributed by atoms with Crippen LogP contribution in [0.25, 0.3) is 0 Å². The van der Waals surface area contributed by atoms with Gasteiger partial charge >= 0.3 is 11.9 Å². The average molecular weight is 453 g/mol. The molecule has 2 rings (SSSR count). The summed E-state index contributed by atoms with van der Waals surface area (Å²) in [6, 6.07) is 15.9. The minimum absolute atomic E-state index is 0.174. The van der Waals surface area contributed by atoms with Crippen molar-refractivity contribution in [2.24, 2.45) is 0 Å². The van der Waals surface area contributed by atoms with E-state index in [4.69, 9.17) is 18.9 Å². The zero-order valence-corrected chi connectivity index (χ0v) is 19.6. The van der Waals surface area contributed by atoms with E-state index in [0.29, 0.717) is 31.0 Å². The van der Waals surface area contributed by atoms with Gasteiger partial charge in [-0.3, -0.25) is 0 Å². The van der Waals surface area contributed by atoms with Crippen LogP contribution in [0.1, 0.15) is 38.3 Å². The van der Waals surface area contributed by atoms with Crippen LogP contribution in [-0.4, -0.2) is 38.4 Å². The van der Waals surface area contributed by atoms with Gasteiger partial charge in [-0.2, -0.15) is 0 Å². The van der Waals surface area contributed by atoms with Crippen molar-refractivity contribution in [1.82, 2.24) is 0 Å². The lowest BCUT2D eigenvalue weighted by atomic mass is 9.78. The Morgan fingerprint density at radius 2 is 1.33 bits per heavy atom. The van der Waals surface area contributed by atoms with Gasteiger partial charge in [0.05, 0.1) is 13.2 Å². The maximum absolute atomic E-state index is 11.4. The van der Waals surface area contributed by atoms with E-state index in [9.17, 15) is 9.59 Å². The van der Waals surface area contributed by atoms with Crippen molar-refractivity contribution in [1.29, 1.82) is 0 Å². The lowest BCUT2D eigenvalue weighted by Crippen LogP contribution is -2.18. The zero-order chi connectivity index (χ0) is 24.3. The molecule has 0 spiro atoms. The van der Waals surface area contributed by atoms with E-state index < -0.39 is 11.9 Å². The van der Waals surface area contributed by atoms with Gasteiger partial charge in [0.25, 0.3) is 0 Å². The van der Waals surface area contributed by atoms with Gasteiger partial charge in [-0.05, 0) is 42.3 Å². The highest BCUT2D eigenvalue weighted by molar-refractivity contribution is 5.86. The van der Waals surface area contributed by atoms with Gasteiger partial charge < -0.3 is 18.9 Å². The third-order valence-corrected chi connectivity index (χ3v) is 5.05.